The van der Waals surface area contributed by atoms with E-state index in [9.17, 15) is 4.79 Å². The Labute approximate surface area is 131 Å². The minimum atomic E-state index is -0.171. The molecule has 0 radical (unpaired) electrons. The van der Waals surface area contributed by atoms with Gasteiger partial charge in [-0.15, -0.1) is 11.3 Å². The predicted molar refractivity (Wildman–Crippen MR) is 86.5 cm³/mol. The van der Waals surface area contributed by atoms with Crippen LogP contribution in [0.3, 0.4) is 0 Å². The molecule has 3 aromatic rings. The zero-order valence-electron chi connectivity index (χ0n) is 12.3. The Hall–Kier alpha value is -2.40. The molecule has 0 atom stereocenters. The number of anilines is 1. The van der Waals surface area contributed by atoms with E-state index in [0.717, 1.165) is 17.9 Å². The van der Waals surface area contributed by atoms with Gasteiger partial charge in [-0.3, -0.25) is 10.1 Å². The van der Waals surface area contributed by atoms with Crippen molar-refractivity contribution in [1.82, 2.24) is 4.98 Å². The molecule has 0 spiro atoms. The molecule has 5 heteroatoms. The molecule has 4 nitrogen and oxygen atoms in total. The van der Waals surface area contributed by atoms with E-state index in [4.69, 9.17) is 4.42 Å². The Morgan fingerprint density at radius 1 is 1.32 bits per heavy atom. The third-order valence-corrected chi connectivity index (χ3v) is 4.80. The second kappa shape index (κ2) is 4.81. The summed E-state index contributed by atoms with van der Waals surface area (Å²) in [5.74, 6) is 1.19. The van der Waals surface area contributed by atoms with Crippen LogP contribution in [0.25, 0.3) is 11.3 Å². The number of carbonyl (C=O) groups is 1. The summed E-state index contributed by atoms with van der Waals surface area (Å²) >= 11 is 1.54. The first-order chi connectivity index (χ1) is 10.6. The fourth-order valence-corrected chi connectivity index (χ4v) is 3.83. The molecule has 1 aliphatic rings. The van der Waals surface area contributed by atoms with Crippen molar-refractivity contribution in [3.05, 3.63) is 57.9 Å². The van der Waals surface area contributed by atoms with Gasteiger partial charge in [-0.2, -0.15) is 0 Å². The summed E-state index contributed by atoms with van der Waals surface area (Å²) in [5.41, 5.74) is 4.03. The van der Waals surface area contributed by atoms with Crippen LogP contribution in [0.4, 0.5) is 5.13 Å². The molecular formula is C17H14N2O2S. The van der Waals surface area contributed by atoms with Gasteiger partial charge in [0.2, 0.25) is 0 Å². The van der Waals surface area contributed by atoms with Gasteiger partial charge in [-0.1, -0.05) is 24.3 Å². The first-order valence-corrected chi connectivity index (χ1v) is 7.90. The molecule has 2 aromatic heterocycles. The second-order valence-corrected chi connectivity index (χ2v) is 6.49. The Morgan fingerprint density at radius 2 is 2.14 bits per heavy atom. The maximum absolute atomic E-state index is 12.3. The molecule has 4 rings (SSSR count). The maximum Gasteiger partial charge on any atom is 0.260 e. The first-order valence-electron chi connectivity index (χ1n) is 7.08. The number of benzene rings is 1. The molecule has 1 amide bonds. The molecular weight excluding hydrogens is 296 g/mol. The second-order valence-electron chi connectivity index (χ2n) is 5.41. The fraction of sp³-hybridized carbons (Fsp3) is 0.176. The maximum atomic E-state index is 12.3. The van der Waals surface area contributed by atoms with Crippen LogP contribution in [0, 0.1) is 13.8 Å². The number of aromatic nitrogens is 1. The van der Waals surface area contributed by atoms with Crippen molar-refractivity contribution in [3.8, 4) is 11.3 Å². The largest absolute Gasteiger partial charge is 0.466 e. The van der Waals surface area contributed by atoms with Crippen molar-refractivity contribution in [1.29, 1.82) is 0 Å². The highest BCUT2D eigenvalue weighted by atomic mass is 32.1. The number of thiazole rings is 1. The summed E-state index contributed by atoms with van der Waals surface area (Å²) in [6, 6.07) is 10.0. The number of furan rings is 1. The zero-order valence-corrected chi connectivity index (χ0v) is 13.1. The van der Waals surface area contributed by atoms with Crippen LogP contribution in [0.1, 0.15) is 32.3 Å². The van der Waals surface area contributed by atoms with Crippen molar-refractivity contribution < 1.29 is 9.21 Å². The molecule has 1 aliphatic carbocycles. The normalized spacial score (nSPS) is 12.1. The number of rotatable bonds is 2. The molecule has 1 aromatic carbocycles. The zero-order chi connectivity index (χ0) is 15.3. The lowest BCUT2D eigenvalue weighted by Crippen LogP contribution is -2.11. The molecule has 1 N–H and O–H groups in total. The van der Waals surface area contributed by atoms with Gasteiger partial charge in [0.15, 0.2) is 5.13 Å². The smallest absolute Gasteiger partial charge is 0.260 e. The molecule has 22 heavy (non-hydrogen) atoms. The third kappa shape index (κ3) is 2.05. The van der Waals surface area contributed by atoms with Gasteiger partial charge in [0.1, 0.15) is 11.5 Å². The van der Waals surface area contributed by atoms with E-state index in [1.807, 2.05) is 19.1 Å². The van der Waals surface area contributed by atoms with E-state index in [0.29, 0.717) is 16.5 Å². The first kappa shape index (κ1) is 13.3. The SMILES string of the molecule is Cc1cc(C(=O)Nc2nc3c(s2)Cc2ccccc2-3)c(C)o1. The van der Waals surface area contributed by atoms with Gasteiger partial charge in [-0.25, -0.2) is 4.98 Å². The lowest BCUT2D eigenvalue weighted by molar-refractivity contribution is 0.102. The van der Waals surface area contributed by atoms with Crippen molar-refractivity contribution in [2.45, 2.75) is 20.3 Å². The van der Waals surface area contributed by atoms with Crippen LogP contribution in [0.2, 0.25) is 0 Å². The number of hydrogen-bond acceptors (Lipinski definition) is 4. The van der Waals surface area contributed by atoms with Crippen LogP contribution in [-0.2, 0) is 6.42 Å². The summed E-state index contributed by atoms with van der Waals surface area (Å²) in [4.78, 5) is 18.1. The molecule has 0 aliphatic heterocycles. The number of hydrogen-bond donors (Lipinski definition) is 1. The number of aryl methyl sites for hydroxylation is 2. The number of fused-ring (bicyclic) bond motifs is 3. The van der Waals surface area contributed by atoms with E-state index in [1.165, 1.54) is 16.0 Å². The summed E-state index contributed by atoms with van der Waals surface area (Å²) in [6.07, 6.45) is 0.892. The Bertz CT molecular complexity index is 892. The molecule has 0 saturated heterocycles. The lowest BCUT2D eigenvalue weighted by Gasteiger charge is -2.01. The van der Waals surface area contributed by atoms with Crippen LogP contribution < -0.4 is 5.32 Å². The van der Waals surface area contributed by atoms with Gasteiger partial charge in [-0.05, 0) is 25.5 Å². The quantitative estimate of drug-likeness (QED) is 0.604. The Kier molecular flexibility index (Phi) is 2.90. The van der Waals surface area contributed by atoms with Crippen LogP contribution >= 0.6 is 11.3 Å². The monoisotopic (exact) mass is 310 g/mol. The average Bonchev–Trinajstić information content (AvgIpc) is 3.11. The number of nitrogens with zero attached hydrogens (tertiary/aromatic N) is 1. The predicted octanol–water partition coefficient (Wildman–Crippen LogP) is 4.18. The molecule has 0 saturated carbocycles. The van der Waals surface area contributed by atoms with Crippen molar-refractivity contribution in [3.63, 3.8) is 0 Å². The molecule has 2 heterocycles. The topological polar surface area (TPSA) is 55.1 Å². The molecule has 0 fully saturated rings. The highest BCUT2D eigenvalue weighted by Crippen LogP contribution is 2.40. The lowest BCUT2D eigenvalue weighted by atomic mass is 10.1. The summed E-state index contributed by atoms with van der Waals surface area (Å²) in [5, 5.41) is 3.52. The van der Waals surface area contributed by atoms with Gasteiger partial charge < -0.3 is 4.42 Å². The minimum Gasteiger partial charge on any atom is -0.466 e. The van der Waals surface area contributed by atoms with E-state index >= 15 is 0 Å². The van der Waals surface area contributed by atoms with E-state index in [1.54, 1.807) is 24.3 Å². The van der Waals surface area contributed by atoms with Gasteiger partial charge in [0.05, 0.1) is 11.3 Å². The van der Waals surface area contributed by atoms with Crippen molar-refractivity contribution in [2.75, 3.05) is 5.32 Å². The number of carbonyl (C=O) groups excluding carboxylic acids is 1. The summed E-state index contributed by atoms with van der Waals surface area (Å²) in [7, 11) is 0. The average molecular weight is 310 g/mol. The number of amides is 1. The standard InChI is InChI=1S/C17H14N2O2S/c1-9-7-13(10(2)21-9)16(20)19-17-18-15-12-6-4-3-5-11(12)8-14(15)22-17/h3-7H,8H2,1-2H3,(H,18,19,20). The molecule has 0 unspecified atom stereocenters. The van der Waals surface area contributed by atoms with Gasteiger partial charge >= 0.3 is 0 Å². The molecule has 110 valence electrons. The summed E-state index contributed by atoms with van der Waals surface area (Å²) in [6.45, 7) is 3.62. The van der Waals surface area contributed by atoms with Crippen molar-refractivity contribution in [2.24, 2.45) is 0 Å². The Morgan fingerprint density at radius 3 is 2.91 bits per heavy atom. The highest BCUT2D eigenvalue weighted by Gasteiger charge is 2.24. The van der Waals surface area contributed by atoms with E-state index in [-0.39, 0.29) is 5.91 Å². The summed E-state index contributed by atoms with van der Waals surface area (Å²) < 4.78 is 5.40. The highest BCUT2D eigenvalue weighted by molar-refractivity contribution is 7.16. The van der Waals surface area contributed by atoms with E-state index in [2.05, 4.69) is 22.4 Å². The molecule has 0 bridgehead atoms. The van der Waals surface area contributed by atoms with E-state index < -0.39 is 0 Å². The van der Waals surface area contributed by atoms with Crippen LogP contribution in [-0.4, -0.2) is 10.9 Å². The van der Waals surface area contributed by atoms with Gasteiger partial charge in [0, 0.05) is 16.9 Å². The Balaban J connectivity index is 1.62. The third-order valence-electron chi connectivity index (χ3n) is 3.83. The van der Waals surface area contributed by atoms with Gasteiger partial charge in [0.25, 0.3) is 5.91 Å². The fourth-order valence-electron chi connectivity index (χ4n) is 2.83. The van der Waals surface area contributed by atoms with Crippen LogP contribution in [0.15, 0.2) is 34.7 Å². The minimum absolute atomic E-state index is 0.171. The van der Waals surface area contributed by atoms with Crippen molar-refractivity contribution >= 4 is 22.4 Å². The number of nitrogens with one attached hydrogen (secondary N) is 1. The van der Waals surface area contributed by atoms with Crippen LogP contribution in [0.5, 0.6) is 0 Å².